The van der Waals surface area contributed by atoms with Gasteiger partial charge < -0.3 is 0 Å². The van der Waals surface area contributed by atoms with Crippen LogP contribution in [0.25, 0.3) is 0 Å². The Kier molecular flexibility index (Phi) is 3.84. The summed E-state index contributed by atoms with van der Waals surface area (Å²) in [6, 6.07) is 9.54. The zero-order valence-corrected chi connectivity index (χ0v) is 8.40. The molecule has 0 saturated heterocycles. The van der Waals surface area contributed by atoms with Crippen molar-refractivity contribution in [2.45, 2.75) is 19.9 Å². The van der Waals surface area contributed by atoms with Crippen LogP contribution in [0.15, 0.2) is 47.0 Å². The molecule has 1 rings (SSSR count). The predicted molar refractivity (Wildman–Crippen MR) is 56.7 cm³/mol. The third kappa shape index (κ3) is 2.41. The Bertz CT molecular complexity index is 361. The molecule has 0 radical (unpaired) electrons. The molecule has 0 amide bonds. The fourth-order valence-electron chi connectivity index (χ4n) is 1.29. The minimum atomic E-state index is -0.182. The molecule has 1 aromatic rings. The molecular weight excluding hydrogens is 174 g/mol. The van der Waals surface area contributed by atoms with Gasteiger partial charge in [0.05, 0.1) is 0 Å². The van der Waals surface area contributed by atoms with Crippen LogP contribution in [0, 0.1) is 0 Å². The first kappa shape index (κ1) is 10.4. The van der Waals surface area contributed by atoms with E-state index in [4.69, 9.17) is 0 Å². The second-order valence-electron chi connectivity index (χ2n) is 3.07. The standard InChI is InChI=1S/C12H13NO/c1-3-10(2)12(13-9-14)11-7-5-4-6-8-11/h3-8,12H,1-2H3. The van der Waals surface area contributed by atoms with E-state index in [1.807, 2.05) is 50.3 Å². The molecule has 0 aliphatic carbocycles. The van der Waals surface area contributed by atoms with Crippen molar-refractivity contribution in [1.82, 2.24) is 0 Å². The van der Waals surface area contributed by atoms with E-state index in [2.05, 4.69) is 4.99 Å². The largest absolute Gasteiger partial charge is 0.235 e. The number of allylic oxidation sites excluding steroid dienone is 1. The molecule has 0 N–H and O–H groups in total. The van der Waals surface area contributed by atoms with Gasteiger partial charge in [-0.15, -0.1) is 0 Å². The lowest BCUT2D eigenvalue weighted by Gasteiger charge is -2.10. The Labute approximate surface area is 84.0 Å². The molecule has 0 aliphatic rings. The highest BCUT2D eigenvalue weighted by Crippen LogP contribution is 2.24. The van der Waals surface area contributed by atoms with Crippen molar-refractivity contribution in [1.29, 1.82) is 0 Å². The van der Waals surface area contributed by atoms with Gasteiger partial charge in [-0.3, -0.25) is 0 Å². The van der Waals surface area contributed by atoms with E-state index < -0.39 is 0 Å². The van der Waals surface area contributed by atoms with E-state index in [0.717, 1.165) is 11.1 Å². The van der Waals surface area contributed by atoms with E-state index in [0.29, 0.717) is 0 Å². The Hall–Kier alpha value is -1.66. The summed E-state index contributed by atoms with van der Waals surface area (Å²) in [6.07, 6.45) is 3.57. The summed E-state index contributed by atoms with van der Waals surface area (Å²) < 4.78 is 0. The summed E-state index contributed by atoms with van der Waals surface area (Å²) in [5.74, 6) is 0. The average molecular weight is 187 g/mol. The van der Waals surface area contributed by atoms with Gasteiger partial charge in [-0.2, -0.15) is 4.99 Å². The van der Waals surface area contributed by atoms with E-state index in [9.17, 15) is 4.79 Å². The first-order valence-corrected chi connectivity index (χ1v) is 4.54. The topological polar surface area (TPSA) is 29.4 Å². The number of rotatable bonds is 3. The Morgan fingerprint density at radius 1 is 1.43 bits per heavy atom. The number of nitrogens with zero attached hydrogens (tertiary/aromatic N) is 1. The maximum absolute atomic E-state index is 10.3. The Morgan fingerprint density at radius 3 is 2.57 bits per heavy atom. The van der Waals surface area contributed by atoms with Gasteiger partial charge in [0, 0.05) is 0 Å². The number of hydrogen-bond acceptors (Lipinski definition) is 2. The van der Waals surface area contributed by atoms with Crippen LogP contribution >= 0.6 is 0 Å². The van der Waals surface area contributed by atoms with Gasteiger partial charge in [0.1, 0.15) is 6.04 Å². The van der Waals surface area contributed by atoms with Gasteiger partial charge in [-0.1, -0.05) is 36.4 Å². The van der Waals surface area contributed by atoms with E-state index in [1.165, 1.54) is 0 Å². The molecule has 0 heterocycles. The van der Waals surface area contributed by atoms with Crippen molar-refractivity contribution in [3.05, 3.63) is 47.5 Å². The van der Waals surface area contributed by atoms with Gasteiger partial charge in [0.2, 0.25) is 6.08 Å². The molecule has 2 nitrogen and oxygen atoms in total. The van der Waals surface area contributed by atoms with Crippen molar-refractivity contribution < 1.29 is 4.79 Å². The van der Waals surface area contributed by atoms with Gasteiger partial charge in [0.25, 0.3) is 0 Å². The monoisotopic (exact) mass is 187 g/mol. The van der Waals surface area contributed by atoms with Crippen LogP contribution in [-0.2, 0) is 4.79 Å². The summed E-state index contributed by atoms with van der Waals surface area (Å²) in [4.78, 5) is 14.1. The van der Waals surface area contributed by atoms with Gasteiger partial charge in [-0.05, 0) is 25.0 Å². The molecule has 14 heavy (non-hydrogen) atoms. The predicted octanol–water partition coefficient (Wildman–Crippen LogP) is 3.03. The molecule has 0 fully saturated rings. The Morgan fingerprint density at radius 2 is 2.07 bits per heavy atom. The lowest BCUT2D eigenvalue weighted by molar-refractivity contribution is 0.560. The second-order valence-corrected chi connectivity index (χ2v) is 3.07. The molecule has 1 unspecified atom stereocenters. The molecule has 0 bridgehead atoms. The fraction of sp³-hybridized carbons (Fsp3) is 0.250. The number of isocyanates is 1. The van der Waals surface area contributed by atoms with Crippen molar-refractivity contribution in [2.24, 2.45) is 4.99 Å². The van der Waals surface area contributed by atoms with Gasteiger partial charge in [0.15, 0.2) is 0 Å². The van der Waals surface area contributed by atoms with Gasteiger partial charge >= 0.3 is 0 Å². The van der Waals surface area contributed by atoms with Crippen LogP contribution in [0.5, 0.6) is 0 Å². The summed E-state index contributed by atoms with van der Waals surface area (Å²) >= 11 is 0. The minimum Gasteiger partial charge on any atom is -0.211 e. The maximum Gasteiger partial charge on any atom is 0.235 e. The highest BCUT2D eigenvalue weighted by molar-refractivity contribution is 5.38. The zero-order valence-electron chi connectivity index (χ0n) is 8.40. The Balaban J connectivity index is 3.07. The maximum atomic E-state index is 10.3. The van der Waals surface area contributed by atoms with Crippen LogP contribution in [0.2, 0.25) is 0 Å². The zero-order chi connectivity index (χ0) is 10.4. The normalized spacial score (nSPS) is 13.1. The molecule has 0 saturated carbocycles. The highest BCUT2D eigenvalue weighted by atomic mass is 16.1. The molecule has 0 aliphatic heterocycles. The quantitative estimate of drug-likeness (QED) is 0.406. The molecule has 1 atom stereocenters. The molecule has 1 aromatic carbocycles. The fourth-order valence-corrected chi connectivity index (χ4v) is 1.29. The van der Waals surface area contributed by atoms with Gasteiger partial charge in [-0.25, -0.2) is 4.79 Å². The van der Waals surface area contributed by atoms with Crippen molar-refractivity contribution in [3.8, 4) is 0 Å². The van der Waals surface area contributed by atoms with Crippen molar-refractivity contribution >= 4 is 6.08 Å². The average Bonchev–Trinajstić information content (AvgIpc) is 2.26. The summed E-state index contributed by atoms with van der Waals surface area (Å²) in [6.45, 7) is 3.89. The van der Waals surface area contributed by atoms with Crippen LogP contribution < -0.4 is 0 Å². The summed E-state index contributed by atoms with van der Waals surface area (Å²) in [5.41, 5.74) is 2.08. The van der Waals surface area contributed by atoms with Crippen molar-refractivity contribution in [3.63, 3.8) is 0 Å². The molecule has 72 valence electrons. The number of carbonyl (C=O) groups excluding carboxylic acids is 1. The molecular formula is C12H13NO. The third-order valence-corrected chi connectivity index (χ3v) is 2.18. The van der Waals surface area contributed by atoms with Crippen LogP contribution in [0.4, 0.5) is 0 Å². The van der Waals surface area contributed by atoms with Crippen LogP contribution in [0.1, 0.15) is 25.5 Å². The SMILES string of the molecule is CC=C(C)C(N=C=O)c1ccccc1. The molecule has 0 spiro atoms. The third-order valence-electron chi connectivity index (χ3n) is 2.18. The first-order chi connectivity index (χ1) is 6.79. The molecule has 2 heteroatoms. The van der Waals surface area contributed by atoms with E-state index in [1.54, 1.807) is 6.08 Å². The molecule has 0 aromatic heterocycles. The number of aliphatic imine (C=N–C) groups is 1. The smallest absolute Gasteiger partial charge is 0.211 e. The number of benzene rings is 1. The lowest BCUT2D eigenvalue weighted by atomic mass is 10.0. The van der Waals surface area contributed by atoms with Crippen LogP contribution in [0.3, 0.4) is 0 Å². The highest BCUT2D eigenvalue weighted by Gasteiger charge is 2.10. The lowest BCUT2D eigenvalue weighted by Crippen LogP contribution is -1.96. The van der Waals surface area contributed by atoms with Crippen molar-refractivity contribution in [2.75, 3.05) is 0 Å². The summed E-state index contributed by atoms with van der Waals surface area (Å²) in [5, 5.41) is 0. The first-order valence-electron chi connectivity index (χ1n) is 4.54. The van der Waals surface area contributed by atoms with E-state index >= 15 is 0 Å². The number of hydrogen-bond donors (Lipinski definition) is 0. The van der Waals surface area contributed by atoms with E-state index in [-0.39, 0.29) is 6.04 Å². The second kappa shape index (κ2) is 5.15. The summed E-state index contributed by atoms with van der Waals surface area (Å²) in [7, 11) is 0. The van der Waals surface area contributed by atoms with Crippen LogP contribution in [-0.4, -0.2) is 6.08 Å². The minimum absolute atomic E-state index is 0.182.